The predicted octanol–water partition coefficient (Wildman–Crippen LogP) is 3.96. The van der Waals surface area contributed by atoms with Crippen molar-refractivity contribution in [2.75, 3.05) is 51.3 Å². The number of hydrogen-bond donors (Lipinski definition) is 1. The molecule has 1 saturated carbocycles. The molecule has 1 aliphatic carbocycles. The average Bonchev–Trinajstić information content (AvgIpc) is 3.74. The van der Waals surface area contributed by atoms with E-state index in [-0.39, 0.29) is 36.0 Å². The molecular formula is C31H36F3N5O4S. The highest BCUT2D eigenvalue weighted by Crippen LogP contribution is 2.43. The highest BCUT2D eigenvalue weighted by atomic mass is 32.1. The number of aromatic nitrogens is 1. The number of nitrogens with one attached hydrogen (secondary N) is 1. The summed E-state index contributed by atoms with van der Waals surface area (Å²) in [7, 11) is 2.07. The van der Waals surface area contributed by atoms with Crippen molar-refractivity contribution in [1.82, 2.24) is 20.1 Å². The van der Waals surface area contributed by atoms with Gasteiger partial charge in [-0.2, -0.15) is 8.78 Å². The number of ketones is 1. The van der Waals surface area contributed by atoms with Crippen LogP contribution in [0.25, 0.3) is 11.3 Å². The van der Waals surface area contributed by atoms with Crippen molar-refractivity contribution < 1.29 is 32.3 Å². The monoisotopic (exact) mass is 631 g/mol. The number of benzene rings is 1. The molecule has 1 aromatic heterocycles. The molecule has 4 fully saturated rings. The zero-order valence-electron chi connectivity index (χ0n) is 24.5. The van der Waals surface area contributed by atoms with Gasteiger partial charge in [0, 0.05) is 61.1 Å². The van der Waals surface area contributed by atoms with Crippen molar-refractivity contribution in [3.8, 4) is 11.3 Å². The second kappa shape index (κ2) is 12.7. The Hall–Kier alpha value is -3.13. The molecule has 6 rings (SSSR count). The summed E-state index contributed by atoms with van der Waals surface area (Å²) in [5, 5.41) is 5.47. The summed E-state index contributed by atoms with van der Waals surface area (Å²) >= 11 is 1.44. The van der Waals surface area contributed by atoms with Crippen molar-refractivity contribution in [3.63, 3.8) is 0 Å². The van der Waals surface area contributed by atoms with Crippen molar-refractivity contribution in [3.05, 3.63) is 47.1 Å². The minimum absolute atomic E-state index is 0.00111. The van der Waals surface area contributed by atoms with Gasteiger partial charge in [0.2, 0.25) is 0 Å². The van der Waals surface area contributed by atoms with Crippen LogP contribution in [0.1, 0.15) is 42.5 Å². The van der Waals surface area contributed by atoms with Crippen LogP contribution in [0, 0.1) is 17.7 Å². The van der Waals surface area contributed by atoms with E-state index >= 15 is 4.39 Å². The maximum Gasteiger partial charge on any atom is 0.266 e. The number of anilines is 1. The van der Waals surface area contributed by atoms with E-state index in [4.69, 9.17) is 4.74 Å². The third-order valence-electron chi connectivity index (χ3n) is 9.53. The molecule has 0 radical (unpaired) electrons. The number of nitrogens with zero attached hydrogens (tertiary/aromatic N) is 4. The van der Waals surface area contributed by atoms with Gasteiger partial charge in [0.25, 0.3) is 12.0 Å². The van der Waals surface area contributed by atoms with Crippen LogP contribution in [0.4, 0.5) is 18.3 Å². The van der Waals surface area contributed by atoms with Crippen molar-refractivity contribution in [1.29, 1.82) is 0 Å². The minimum atomic E-state index is -1.90. The van der Waals surface area contributed by atoms with E-state index in [1.807, 2.05) is 0 Å². The van der Waals surface area contributed by atoms with E-state index in [0.717, 1.165) is 62.7 Å². The number of likely N-dealkylation sites (tertiary alicyclic amines) is 1. The number of Topliss-reactive ketones (excluding diaryl/α,β-unsaturated/α-hetero) is 1. The van der Waals surface area contributed by atoms with Crippen LogP contribution in [0.15, 0.2) is 35.7 Å². The molecule has 236 valence electrons. The lowest BCUT2D eigenvalue weighted by Crippen LogP contribution is -2.68. The number of thiazole rings is 1. The van der Waals surface area contributed by atoms with Gasteiger partial charge in [0.15, 0.2) is 22.9 Å². The largest absolute Gasteiger partial charge is 0.368 e. The third-order valence-corrected chi connectivity index (χ3v) is 10.4. The van der Waals surface area contributed by atoms with Crippen molar-refractivity contribution in [2.45, 2.75) is 49.9 Å². The Morgan fingerprint density at radius 3 is 2.59 bits per heavy atom. The average molecular weight is 632 g/mol. The highest BCUT2D eigenvalue weighted by molar-refractivity contribution is 7.14. The first-order valence-corrected chi connectivity index (χ1v) is 16.0. The minimum Gasteiger partial charge on any atom is -0.368 e. The molecule has 0 bridgehead atoms. The first-order chi connectivity index (χ1) is 21.2. The van der Waals surface area contributed by atoms with Crippen LogP contribution in [-0.4, -0.2) is 96.9 Å². The number of halogens is 3. The fourth-order valence-electron chi connectivity index (χ4n) is 7.18. The molecule has 4 aliphatic rings. The number of hydrogen-bond acceptors (Lipinski definition) is 9. The first kappa shape index (κ1) is 30.9. The van der Waals surface area contributed by atoms with Gasteiger partial charge in [0.05, 0.1) is 11.8 Å². The van der Waals surface area contributed by atoms with Crippen LogP contribution < -0.4 is 10.2 Å². The molecule has 2 aromatic rings. The molecule has 44 heavy (non-hydrogen) atoms. The normalized spacial score (nSPS) is 26.3. The van der Waals surface area contributed by atoms with E-state index in [1.54, 1.807) is 10.3 Å². The smallest absolute Gasteiger partial charge is 0.266 e. The highest BCUT2D eigenvalue weighted by Gasteiger charge is 2.59. The Morgan fingerprint density at radius 2 is 1.91 bits per heavy atom. The fraction of sp³-hybridized carbons (Fsp3) is 0.548. The van der Waals surface area contributed by atoms with Crippen LogP contribution in [0.2, 0.25) is 0 Å². The van der Waals surface area contributed by atoms with E-state index in [0.29, 0.717) is 24.8 Å². The Kier molecular flexibility index (Phi) is 8.91. The van der Waals surface area contributed by atoms with Gasteiger partial charge in [-0.05, 0) is 44.2 Å². The number of ether oxygens (including phenoxy) is 1. The summed E-state index contributed by atoms with van der Waals surface area (Å²) in [6, 6.07) is 3.15. The SMILES string of the molecule is CN1CCN(c2nc(-c3ccc(C(=O)NC(C=O)(C4CCCCC4)N4CC(C=C(F)F)C5OCC(=O)C54)cc3F)cs2)CC1. The summed E-state index contributed by atoms with van der Waals surface area (Å²) < 4.78 is 47.8. The lowest BCUT2D eigenvalue weighted by Gasteiger charge is -2.47. The summed E-state index contributed by atoms with van der Waals surface area (Å²) in [5.41, 5.74) is -0.926. The number of carbonyl (C=O) groups is 3. The molecule has 1 N–H and O–H groups in total. The molecule has 9 nitrogen and oxygen atoms in total. The summed E-state index contributed by atoms with van der Waals surface area (Å²) in [6.45, 7) is 3.18. The van der Waals surface area contributed by atoms with Crippen LogP contribution >= 0.6 is 11.3 Å². The van der Waals surface area contributed by atoms with E-state index in [1.165, 1.54) is 23.5 Å². The number of amides is 1. The lowest BCUT2D eigenvalue weighted by molar-refractivity contribution is -0.132. The van der Waals surface area contributed by atoms with Gasteiger partial charge in [-0.1, -0.05) is 19.3 Å². The zero-order chi connectivity index (χ0) is 31.0. The Bertz CT molecular complexity index is 1440. The number of aldehydes is 1. The van der Waals surface area contributed by atoms with Gasteiger partial charge in [-0.3, -0.25) is 19.3 Å². The summed E-state index contributed by atoms with van der Waals surface area (Å²) in [4.78, 5) is 50.4. The number of piperazine rings is 1. The van der Waals surface area contributed by atoms with Gasteiger partial charge in [-0.25, -0.2) is 9.37 Å². The van der Waals surface area contributed by atoms with E-state index in [2.05, 4.69) is 27.1 Å². The predicted molar refractivity (Wildman–Crippen MR) is 159 cm³/mol. The standard InChI is InChI=1S/C31H36F3N5O4S/c1-37-9-11-38(12-10-37)30-35-24(17-44-30)22-8-7-19(13-23(22)32)29(42)36-31(18-40,21-5-3-2-4-6-21)39-15-20(14-26(33)34)28-27(39)25(41)16-43-28/h7-8,13-14,17-18,20-21,27-28H,2-6,9-12,15-16H2,1H3,(H,36,42). The third kappa shape index (κ3) is 5.82. The fourth-order valence-corrected chi connectivity index (χ4v) is 8.06. The van der Waals surface area contributed by atoms with Gasteiger partial charge < -0.3 is 19.9 Å². The number of likely N-dealkylation sites (N-methyl/N-ethyl adjacent to an activating group) is 1. The first-order valence-electron chi connectivity index (χ1n) is 15.1. The number of carbonyl (C=O) groups excluding carboxylic acids is 3. The molecular weight excluding hydrogens is 595 g/mol. The molecule has 4 atom stereocenters. The second-order valence-electron chi connectivity index (χ2n) is 12.2. The molecule has 0 spiro atoms. The van der Waals surface area contributed by atoms with Gasteiger partial charge in [-0.15, -0.1) is 11.3 Å². The quantitative estimate of drug-likeness (QED) is 0.438. The molecule has 3 saturated heterocycles. The van der Waals surface area contributed by atoms with Gasteiger partial charge >= 0.3 is 0 Å². The molecule has 13 heteroatoms. The Labute approximate surface area is 258 Å². The van der Waals surface area contributed by atoms with Crippen LogP contribution in [-0.2, 0) is 14.3 Å². The van der Waals surface area contributed by atoms with Crippen molar-refractivity contribution >= 4 is 34.4 Å². The second-order valence-corrected chi connectivity index (χ2v) is 13.0. The molecule has 4 heterocycles. The van der Waals surface area contributed by atoms with Crippen molar-refractivity contribution in [2.24, 2.45) is 11.8 Å². The molecule has 1 aromatic carbocycles. The van der Waals surface area contributed by atoms with Crippen LogP contribution in [0.3, 0.4) is 0 Å². The molecule has 4 unspecified atom stereocenters. The number of rotatable bonds is 8. The Morgan fingerprint density at radius 1 is 1.16 bits per heavy atom. The lowest BCUT2D eigenvalue weighted by atomic mass is 9.78. The molecule has 3 aliphatic heterocycles. The number of fused-ring (bicyclic) bond motifs is 1. The summed E-state index contributed by atoms with van der Waals surface area (Å²) in [5.74, 6) is -2.84. The topological polar surface area (TPSA) is 95.1 Å². The maximum atomic E-state index is 15.5. The van der Waals surface area contributed by atoms with E-state index in [9.17, 15) is 23.2 Å². The summed E-state index contributed by atoms with van der Waals surface area (Å²) in [6.07, 6.45) is 2.44. The Balaban J connectivity index is 1.27. The molecule has 1 amide bonds. The maximum absolute atomic E-state index is 15.5. The van der Waals surface area contributed by atoms with Crippen LogP contribution in [0.5, 0.6) is 0 Å². The zero-order valence-corrected chi connectivity index (χ0v) is 25.3. The van der Waals surface area contributed by atoms with Gasteiger partial charge in [0.1, 0.15) is 18.5 Å². The van der Waals surface area contributed by atoms with E-state index < -0.39 is 41.5 Å².